The molecule has 0 radical (unpaired) electrons. The minimum atomic E-state index is 1.12. The Hall–Kier alpha value is -6.74. The van der Waals surface area contributed by atoms with Crippen molar-refractivity contribution in [3.8, 4) is 22.3 Å². The van der Waals surface area contributed by atoms with Crippen LogP contribution in [0, 0.1) is 0 Å². The molecule has 1 aromatic heterocycles. The Kier molecular flexibility index (Phi) is 7.11. The Bertz CT molecular complexity index is 3210. The zero-order valence-corrected chi connectivity index (χ0v) is 30.2. The van der Waals surface area contributed by atoms with E-state index in [1.165, 1.54) is 91.2 Å². The van der Waals surface area contributed by atoms with Crippen LogP contribution in [0.15, 0.2) is 200 Å². The van der Waals surface area contributed by atoms with Crippen LogP contribution in [0.3, 0.4) is 0 Å². The Labute approximate surface area is 317 Å². The molecule has 0 saturated carbocycles. The smallest absolute Gasteiger partial charge is 0.0554 e. The van der Waals surface area contributed by atoms with Crippen molar-refractivity contribution in [1.29, 1.82) is 0 Å². The van der Waals surface area contributed by atoms with Crippen LogP contribution in [0.5, 0.6) is 0 Å². The molecule has 11 aromatic rings. The highest BCUT2D eigenvalue weighted by Gasteiger charge is 2.21. The largest absolute Gasteiger partial charge is 0.310 e. The first-order chi connectivity index (χ1) is 26.8. The van der Waals surface area contributed by atoms with Gasteiger partial charge in [0, 0.05) is 31.5 Å². The average molecular weight is 704 g/mol. The highest BCUT2D eigenvalue weighted by atomic mass is 32.1. The monoisotopic (exact) mass is 703 g/mol. The molecule has 252 valence electrons. The van der Waals surface area contributed by atoms with Crippen molar-refractivity contribution in [1.82, 2.24) is 0 Å². The van der Waals surface area contributed by atoms with Crippen LogP contribution in [0.2, 0.25) is 0 Å². The molecule has 54 heavy (non-hydrogen) atoms. The van der Waals surface area contributed by atoms with Gasteiger partial charge in [0.05, 0.1) is 5.69 Å². The van der Waals surface area contributed by atoms with Crippen LogP contribution in [0.4, 0.5) is 17.1 Å². The number of thiophene rings is 1. The summed E-state index contributed by atoms with van der Waals surface area (Å²) in [6.45, 7) is 0. The lowest BCUT2D eigenvalue weighted by molar-refractivity contribution is 1.31. The molecule has 11 rings (SSSR count). The normalized spacial score (nSPS) is 11.7. The third kappa shape index (κ3) is 4.99. The van der Waals surface area contributed by atoms with E-state index in [0.717, 1.165) is 11.4 Å². The molecule has 0 aliphatic carbocycles. The predicted molar refractivity (Wildman–Crippen MR) is 235 cm³/mol. The van der Waals surface area contributed by atoms with Gasteiger partial charge in [-0.25, -0.2) is 0 Å². The lowest BCUT2D eigenvalue weighted by Gasteiger charge is -2.28. The third-order valence-electron chi connectivity index (χ3n) is 11.0. The van der Waals surface area contributed by atoms with Gasteiger partial charge >= 0.3 is 0 Å². The summed E-state index contributed by atoms with van der Waals surface area (Å²) in [5, 5.41) is 12.6. The highest BCUT2D eigenvalue weighted by Crippen LogP contribution is 2.48. The number of nitrogens with zero attached hydrogens (tertiary/aromatic N) is 1. The minimum Gasteiger partial charge on any atom is -0.310 e. The maximum Gasteiger partial charge on any atom is 0.0554 e. The van der Waals surface area contributed by atoms with E-state index in [2.05, 4.69) is 205 Å². The number of fused-ring (bicyclic) bond motifs is 8. The molecule has 2 heteroatoms. The number of hydrogen-bond acceptors (Lipinski definition) is 2. The van der Waals surface area contributed by atoms with Crippen molar-refractivity contribution in [3.63, 3.8) is 0 Å². The van der Waals surface area contributed by atoms with Crippen LogP contribution < -0.4 is 4.90 Å². The summed E-state index contributed by atoms with van der Waals surface area (Å²) in [6, 6.07) is 73.6. The average Bonchev–Trinajstić information content (AvgIpc) is 3.61. The van der Waals surface area contributed by atoms with Crippen molar-refractivity contribution in [2.45, 2.75) is 0 Å². The second kappa shape index (κ2) is 12.4. The van der Waals surface area contributed by atoms with Gasteiger partial charge in [0.2, 0.25) is 0 Å². The third-order valence-corrected chi connectivity index (χ3v) is 12.1. The molecule has 0 saturated heterocycles. The molecule has 0 aliphatic rings. The van der Waals surface area contributed by atoms with Gasteiger partial charge in [-0.1, -0.05) is 146 Å². The van der Waals surface area contributed by atoms with Gasteiger partial charge in [-0.15, -0.1) is 11.3 Å². The second-order valence-corrected chi connectivity index (χ2v) is 15.2. The predicted octanol–water partition coefficient (Wildman–Crippen LogP) is 15.5. The number of hydrogen-bond donors (Lipinski definition) is 0. The van der Waals surface area contributed by atoms with Crippen molar-refractivity contribution >= 4 is 91.7 Å². The Morgan fingerprint density at radius 1 is 0.315 bits per heavy atom. The molecule has 0 N–H and O–H groups in total. The SMILES string of the molecule is c1ccc(-c2ccc(N(c3cc(-c4cc5ccccc5c5ccccc45)c4ccccc4c3)c3cccc4sc5cc6ccccc6cc5c34)cc2)cc1. The fourth-order valence-electron chi connectivity index (χ4n) is 8.46. The second-order valence-electron chi connectivity index (χ2n) is 14.1. The fourth-order valence-corrected chi connectivity index (χ4v) is 9.62. The van der Waals surface area contributed by atoms with Gasteiger partial charge in [0.1, 0.15) is 0 Å². The van der Waals surface area contributed by atoms with E-state index in [4.69, 9.17) is 0 Å². The van der Waals surface area contributed by atoms with Gasteiger partial charge < -0.3 is 4.90 Å². The van der Waals surface area contributed by atoms with Crippen LogP contribution in [-0.4, -0.2) is 0 Å². The molecule has 1 heterocycles. The molecular weight excluding hydrogens is 671 g/mol. The molecule has 0 fully saturated rings. The van der Waals surface area contributed by atoms with Crippen LogP contribution >= 0.6 is 11.3 Å². The lowest BCUT2D eigenvalue weighted by Crippen LogP contribution is -2.10. The molecule has 0 bridgehead atoms. The Morgan fingerprint density at radius 3 is 1.69 bits per heavy atom. The lowest BCUT2D eigenvalue weighted by atomic mass is 9.90. The van der Waals surface area contributed by atoms with E-state index in [-0.39, 0.29) is 0 Å². The van der Waals surface area contributed by atoms with Gasteiger partial charge in [-0.2, -0.15) is 0 Å². The van der Waals surface area contributed by atoms with E-state index in [1.54, 1.807) is 0 Å². The van der Waals surface area contributed by atoms with Gasteiger partial charge in [-0.3, -0.25) is 0 Å². The molecule has 0 unspecified atom stereocenters. The number of rotatable bonds is 5. The molecule has 1 nitrogen and oxygen atoms in total. The van der Waals surface area contributed by atoms with Gasteiger partial charge in [0.25, 0.3) is 0 Å². The first-order valence-electron chi connectivity index (χ1n) is 18.5. The minimum absolute atomic E-state index is 1.12. The van der Waals surface area contributed by atoms with Crippen molar-refractivity contribution in [2.75, 3.05) is 4.90 Å². The summed E-state index contributed by atoms with van der Waals surface area (Å²) in [4.78, 5) is 2.48. The topological polar surface area (TPSA) is 3.24 Å². The fraction of sp³-hybridized carbons (Fsp3) is 0. The molecule has 10 aromatic carbocycles. The molecule has 0 atom stereocenters. The summed E-state index contributed by atoms with van der Waals surface area (Å²) < 4.78 is 2.59. The summed E-state index contributed by atoms with van der Waals surface area (Å²) in [5.74, 6) is 0. The van der Waals surface area contributed by atoms with Crippen LogP contribution in [-0.2, 0) is 0 Å². The van der Waals surface area contributed by atoms with Crippen molar-refractivity contribution < 1.29 is 0 Å². The number of benzene rings is 10. The van der Waals surface area contributed by atoms with E-state index in [1.807, 2.05) is 11.3 Å². The number of anilines is 3. The highest BCUT2D eigenvalue weighted by molar-refractivity contribution is 7.26. The van der Waals surface area contributed by atoms with Crippen LogP contribution in [0.25, 0.3) is 85.5 Å². The molecule has 0 amide bonds. The standard InChI is InChI=1S/C52H33NS/c1-2-13-34(14-3-1)35-25-27-40(28-26-35)53(49-23-12-24-50-52(49)48-30-36-15-4-5-16-37(36)32-51(48)54-50)41-29-38-17-6-9-20-43(38)47(33-41)46-31-39-18-7-8-19-42(39)44-21-10-11-22-45(44)46/h1-33H. The molecule has 0 spiro atoms. The van der Waals surface area contributed by atoms with E-state index < -0.39 is 0 Å². The summed E-state index contributed by atoms with van der Waals surface area (Å²) in [6.07, 6.45) is 0. The zero-order chi connectivity index (χ0) is 35.6. The first-order valence-corrected chi connectivity index (χ1v) is 19.3. The summed E-state index contributed by atoms with van der Waals surface area (Å²) in [5.41, 5.74) is 8.30. The Balaban J connectivity index is 1.21. The zero-order valence-electron chi connectivity index (χ0n) is 29.4. The Morgan fingerprint density at radius 2 is 0.907 bits per heavy atom. The summed E-state index contributed by atoms with van der Waals surface area (Å²) in [7, 11) is 0. The quantitative estimate of drug-likeness (QED) is 0.161. The van der Waals surface area contributed by atoms with Crippen LogP contribution in [0.1, 0.15) is 0 Å². The van der Waals surface area contributed by atoms with Crippen molar-refractivity contribution in [2.24, 2.45) is 0 Å². The maximum atomic E-state index is 2.48. The first kappa shape index (κ1) is 30.8. The van der Waals surface area contributed by atoms with E-state index in [9.17, 15) is 0 Å². The summed E-state index contributed by atoms with van der Waals surface area (Å²) >= 11 is 1.88. The van der Waals surface area contributed by atoms with E-state index in [0.29, 0.717) is 0 Å². The molecular formula is C52H33NS. The van der Waals surface area contributed by atoms with Gasteiger partial charge in [-0.05, 0) is 120 Å². The van der Waals surface area contributed by atoms with E-state index >= 15 is 0 Å². The maximum absolute atomic E-state index is 2.48. The van der Waals surface area contributed by atoms with Crippen molar-refractivity contribution in [3.05, 3.63) is 200 Å². The molecule has 0 aliphatic heterocycles. The van der Waals surface area contributed by atoms with Gasteiger partial charge in [0.15, 0.2) is 0 Å².